The minimum absolute atomic E-state index is 0.0611. The predicted molar refractivity (Wildman–Crippen MR) is 94.3 cm³/mol. The number of hydrogen-bond donors (Lipinski definition) is 1. The van der Waals surface area contributed by atoms with Gasteiger partial charge >= 0.3 is 6.03 Å². The second kappa shape index (κ2) is 7.21. The van der Waals surface area contributed by atoms with Gasteiger partial charge in [-0.25, -0.2) is 14.6 Å². The van der Waals surface area contributed by atoms with E-state index in [0.29, 0.717) is 13.1 Å². The Kier molecular flexibility index (Phi) is 4.83. The van der Waals surface area contributed by atoms with Crippen LogP contribution in [-0.4, -0.2) is 23.5 Å². The molecule has 0 bridgehead atoms. The summed E-state index contributed by atoms with van der Waals surface area (Å²) in [7, 11) is 1.59. The number of urea groups is 1. The molecule has 3 rings (SSSR count). The third-order valence-electron chi connectivity index (χ3n) is 4.30. The Morgan fingerprint density at radius 2 is 1.62 bits per heavy atom. The second-order valence-corrected chi connectivity index (χ2v) is 6.10. The molecule has 0 aliphatic carbocycles. The lowest BCUT2D eigenvalue weighted by Gasteiger charge is -2.34. The molecular weight excluding hydrogens is 330 g/mol. The van der Waals surface area contributed by atoms with Crippen molar-refractivity contribution in [2.75, 3.05) is 7.11 Å². The van der Waals surface area contributed by atoms with E-state index in [1.807, 2.05) is 60.7 Å². The van der Waals surface area contributed by atoms with Crippen LogP contribution >= 0.6 is 0 Å². The summed E-state index contributed by atoms with van der Waals surface area (Å²) in [6, 6.07) is 18.3. The van der Waals surface area contributed by atoms with Gasteiger partial charge < -0.3 is 4.74 Å². The summed E-state index contributed by atoms with van der Waals surface area (Å²) in [6.07, 6.45) is 1.46. The van der Waals surface area contributed by atoms with Crippen molar-refractivity contribution in [1.82, 2.24) is 5.32 Å². The van der Waals surface area contributed by atoms with E-state index in [1.165, 1.54) is 6.20 Å². The van der Waals surface area contributed by atoms with Crippen LogP contribution < -0.4 is 10.1 Å². The molecule has 1 aliphatic heterocycles. The summed E-state index contributed by atoms with van der Waals surface area (Å²) in [5.74, 6) is 0.0592. The van der Waals surface area contributed by atoms with E-state index < -0.39 is 11.9 Å². The average molecular weight is 348 g/mol. The summed E-state index contributed by atoms with van der Waals surface area (Å²) in [4.78, 5) is 24.6. The molecule has 1 atom stereocenters. The van der Waals surface area contributed by atoms with E-state index in [0.717, 1.165) is 16.9 Å². The van der Waals surface area contributed by atoms with Gasteiger partial charge in [-0.3, -0.25) is 4.79 Å². The van der Waals surface area contributed by atoms with Crippen LogP contribution in [0.3, 0.4) is 0 Å². The number of nitrogens with zero attached hydrogens (tertiary/aromatic N) is 2. The molecule has 6 nitrogen and oxygen atoms in total. The molecule has 130 valence electrons. The van der Waals surface area contributed by atoms with Crippen molar-refractivity contribution in [2.45, 2.75) is 13.1 Å². The highest BCUT2D eigenvalue weighted by Crippen LogP contribution is 2.26. The molecule has 0 saturated heterocycles. The van der Waals surface area contributed by atoms with E-state index in [9.17, 15) is 14.9 Å². The number of imide groups is 1. The van der Waals surface area contributed by atoms with Gasteiger partial charge in [0.15, 0.2) is 5.57 Å². The molecule has 6 heteroatoms. The third kappa shape index (κ3) is 3.48. The predicted octanol–water partition coefficient (Wildman–Crippen LogP) is 2.87. The number of hydrogen-bond acceptors (Lipinski definition) is 4. The molecule has 26 heavy (non-hydrogen) atoms. The van der Waals surface area contributed by atoms with Crippen LogP contribution in [0.25, 0.3) is 0 Å². The van der Waals surface area contributed by atoms with Gasteiger partial charge in [0, 0.05) is 11.1 Å². The monoisotopic (exact) mass is 348 g/mol. The van der Waals surface area contributed by atoms with Gasteiger partial charge in [-0.05, 0) is 24.3 Å². The fourth-order valence-corrected chi connectivity index (χ4v) is 2.98. The topological polar surface area (TPSA) is 79.2 Å². The molecule has 1 aliphatic rings. The van der Waals surface area contributed by atoms with Crippen LogP contribution in [0.5, 0.6) is 5.75 Å². The Bertz CT molecular complexity index is 898. The maximum atomic E-state index is 12.8. The van der Waals surface area contributed by atoms with Crippen LogP contribution in [0.15, 0.2) is 66.4 Å². The highest BCUT2D eigenvalue weighted by Gasteiger charge is 2.42. The molecule has 3 amide bonds. The molecule has 1 N–H and O–H groups in total. The number of nitrogens with one attached hydrogen (secondary N) is 1. The fraction of sp³-hybridized carbons (Fsp3) is 0.150. The number of quaternary nitrogens is 1. The van der Waals surface area contributed by atoms with E-state index >= 15 is 0 Å². The van der Waals surface area contributed by atoms with Gasteiger partial charge in [-0.2, -0.15) is 5.26 Å². The Labute approximate surface area is 151 Å². The lowest BCUT2D eigenvalue weighted by atomic mass is 10.1. The first-order valence-electron chi connectivity index (χ1n) is 8.09. The van der Waals surface area contributed by atoms with Crippen molar-refractivity contribution < 1.29 is 18.8 Å². The van der Waals surface area contributed by atoms with Crippen molar-refractivity contribution in [3.05, 3.63) is 77.5 Å². The molecule has 1 heterocycles. The molecule has 2 aromatic carbocycles. The number of methoxy groups -OCH3 is 1. The summed E-state index contributed by atoms with van der Waals surface area (Å²) >= 11 is 0. The van der Waals surface area contributed by atoms with E-state index in [-0.39, 0.29) is 10.1 Å². The number of ether oxygens (including phenoxy) is 1. The van der Waals surface area contributed by atoms with Gasteiger partial charge in [0.25, 0.3) is 5.91 Å². The van der Waals surface area contributed by atoms with Gasteiger partial charge in [-0.1, -0.05) is 30.3 Å². The van der Waals surface area contributed by atoms with Crippen molar-refractivity contribution in [2.24, 2.45) is 0 Å². The smallest absolute Gasteiger partial charge is 0.428 e. The lowest BCUT2D eigenvalue weighted by molar-refractivity contribution is -0.827. The van der Waals surface area contributed by atoms with Gasteiger partial charge in [0.1, 0.15) is 31.1 Å². The molecular formula is C20H18N3O3+. The number of amides is 3. The quantitative estimate of drug-likeness (QED) is 0.843. The Hall–Kier alpha value is -3.43. The molecule has 2 aromatic rings. The first-order chi connectivity index (χ1) is 12.6. The summed E-state index contributed by atoms with van der Waals surface area (Å²) in [6.45, 7) is 0.639. The van der Waals surface area contributed by atoms with Gasteiger partial charge in [-0.15, -0.1) is 0 Å². The Morgan fingerprint density at radius 1 is 1.00 bits per heavy atom. The van der Waals surface area contributed by atoms with Crippen LogP contribution in [0, 0.1) is 11.3 Å². The molecule has 1 unspecified atom stereocenters. The SMILES string of the molecule is COc1ccc(C[N+]2(Cc3ccccc3)C=C(C#N)C(=O)NC2=O)cc1. The number of carbonyl (C=O) groups is 2. The van der Waals surface area contributed by atoms with Crippen molar-refractivity contribution in [3.63, 3.8) is 0 Å². The minimum Gasteiger partial charge on any atom is -0.497 e. The van der Waals surface area contributed by atoms with E-state index in [4.69, 9.17) is 4.74 Å². The summed E-state index contributed by atoms with van der Waals surface area (Å²) < 4.78 is 4.98. The van der Waals surface area contributed by atoms with E-state index in [2.05, 4.69) is 5.32 Å². The van der Waals surface area contributed by atoms with Crippen LogP contribution in [0.1, 0.15) is 11.1 Å². The maximum Gasteiger partial charge on any atom is 0.428 e. The standard InChI is InChI=1S/C20H17N3O3/c1-26-18-9-7-16(8-10-18)13-23(12-15-5-3-2-4-6-15)14-17(11-21)19(24)22-20(23)25/h2-10,14H,12-13H2,1H3/p+1. The first kappa shape index (κ1) is 17.4. The van der Waals surface area contributed by atoms with Crippen molar-refractivity contribution in [3.8, 4) is 11.8 Å². The van der Waals surface area contributed by atoms with E-state index in [1.54, 1.807) is 7.11 Å². The zero-order valence-corrected chi connectivity index (χ0v) is 14.3. The molecule has 0 spiro atoms. The van der Waals surface area contributed by atoms with Crippen molar-refractivity contribution >= 4 is 11.9 Å². The zero-order chi connectivity index (χ0) is 18.6. The number of benzene rings is 2. The molecule has 0 saturated carbocycles. The number of rotatable bonds is 5. The summed E-state index contributed by atoms with van der Waals surface area (Å²) in [5, 5.41) is 11.6. The Morgan fingerprint density at radius 3 is 2.19 bits per heavy atom. The van der Waals surface area contributed by atoms with Crippen LogP contribution in [0.2, 0.25) is 0 Å². The number of nitriles is 1. The minimum atomic E-state index is -0.658. The average Bonchev–Trinajstić information content (AvgIpc) is 2.66. The van der Waals surface area contributed by atoms with Crippen LogP contribution in [-0.2, 0) is 17.9 Å². The fourth-order valence-electron chi connectivity index (χ4n) is 2.98. The zero-order valence-electron chi connectivity index (χ0n) is 14.3. The highest BCUT2D eigenvalue weighted by atomic mass is 16.5. The molecule has 0 aromatic heterocycles. The van der Waals surface area contributed by atoms with Gasteiger partial charge in [0.05, 0.1) is 7.11 Å². The van der Waals surface area contributed by atoms with Crippen LogP contribution in [0.4, 0.5) is 4.79 Å². The van der Waals surface area contributed by atoms with Crippen molar-refractivity contribution in [1.29, 1.82) is 5.26 Å². The number of carbonyl (C=O) groups excluding carboxylic acids is 2. The largest absolute Gasteiger partial charge is 0.497 e. The van der Waals surface area contributed by atoms with Gasteiger partial charge in [0.2, 0.25) is 0 Å². The third-order valence-corrected chi connectivity index (χ3v) is 4.30. The lowest BCUT2D eigenvalue weighted by Crippen LogP contribution is -2.57. The molecule has 0 fully saturated rings. The second-order valence-electron chi connectivity index (χ2n) is 6.10. The Balaban J connectivity index is 2.03. The normalized spacial score (nSPS) is 19.3. The maximum absolute atomic E-state index is 12.8. The highest BCUT2D eigenvalue weighted by molar-refractivity contribution is 6.06. The molecule has 0 radical (unpaired) electrons. The summed E-state index contributed by atoms with van der Waals surface area (Å²) in [5.41, 5.74) is 1.76. The first-order valence-corrected chi connectivity index (χ1v) is 8.09.